The minimum atomic E-state index is -5.19. The van der Waals surface area contributed by atoms with Crippen LogP contribution in [0.1, 0.15) is 12.6 Å². The first-order valence-electron chi connectivity index (χ1n) is 5.42. The summed E-state index contributed by atoms with van der Waals surface area (Å²) in [6, 6.07) is 0.368. The molecular weight excluding hydrogens is 301 g/mol. The van der Waals surface area contributed by atoms with Crippen molar-refractivity contribution in [3.05, 3.63) is 21.9 Å². The van der Waals surface area contributed by atoms with E-state index in [2.05, 4.69) is 14.5 Å². The van der Waals surface area contributed by atoms with Crippen molar-refractivity contribution in [2.45, 2.75) is 19.7 Å². The molecule has 0 unspecified atom stereocenters. The summed E-state index contributed by atoms with van der Waals surface area (Å²) >= 11 is 0. The Balaban J connectivity index is 3.18. The van der Waals surface area contributed by atoms with Gasteiger partial charge in [0.15, 0.2) is 5.75 Å². The Bertz CT molecular complexity index is 560. The highest BCUT2D eigenvalue weighted by atomic mass is 19.4. The van der Waals surface area contributed by atoms with Crippen LogP contribution < -0.4 is 4.74 Å². The van der Waals surface area contributed by atoms with Gasteiger partial charge in [-0.2, -0.15) is 0 Å². The van der Waals surface area contributed by atoms with E-state index in [4.69, 9.17) is 0 Å². The second-order valence-corrected chi connectivity index (χ2v) is 3.56. The van der Waals surface area contributed by atoms with Crippen LogP contribution in [0.4, 0.5) is 19.0 Å². The highest BCUT2D eigenvalue weighted by molar-refractivity contribution is 5.73. The van der Waals surface area contributed by atoms with E-state index in [-0.39, 0.29) is 6.61 Å². The molecule has 0 saturated heterocycles. The monoisotopic (exact) mass is 310 g/mol. The Hall–Kier alpha value is -2.59. The topological polar surface area (TPSA) is 112 Å². The number of nitrogens with zero attached hydrogens (tertiary/aromatic N) is 2. The van der Waals surface area contributed by atoms with Crippen LogP contribution in [0.25, 0.3) is 0 Å². The Morgan fingerprint density at radius 3 is 2.62 bits per heavy atom. The quantitative estimate of drug-likeness (QED) is 0.500. The van der Waals surface area contributed by atoms with Crippen LogP contribution in [-0.4, -0.2) is 34.0 Å². The van der Waals surface area contributed by atoms with E-state index in [1.165, 1.54) is 6.92 Å². The van der Waals surface area contributed by atoms with Crippen LogP contribution in [-0.2, 0) is 16.0 Å². The van der Waals surface area contributed by atoms with E-state index in [1.54, 1.807) is 0 Å². The molecule has 0 fully saturated rings. The predicted molar refractivity (Wildman–Crippen MR) is 59.6 cm³/mol. The standard InChI is InChI=1S/C10H9F3N2O6/c1-2-20-8(17)3-5-6(16)4-7(21-10(11,12)13)9(14-5)15(18)19/h4,16H,2-3H2,1H3. The fourth-order valence-corrected chi connectivity index (χ4v) is 1.32. The number of aromatic nitrogens is 1. The van der Waals surface area contributed by atoms with Crippen molar-refractivity contribution in [3.63, 3.8) is 0 Å². The zero-order valence-electron chi connectivity index (χ0n) is 10.5. The molecule has 11 heteroatoms. The van der Waals surface area contributed by atoms with Crippen molar-refractivity contribution < 1.29 is 37.5 Å². The lowest BCUT2D eigenvalue weighted by atomic mass is 10.2. The molecule has 0 aliphatic heterocycles. The van der Waals surface area contributed by atoms with Crippen molar-refractivity contribution in [2.75, 3.05) is 6.61 Å². The number of halogens is 3. The summed E-state index contributed by atoms with van der Waals surface area (Å²) in [6.07, 6.45) is -5.83. The smallest absolute Gasteiger partial charge is 0.504 e. The molecule has 1 rings (SSSR count). The third-order valence-electron chi connectivity index (χ3n) is 2.04. The number of aromatic hydroxyl groups is 1. The lowest BCUT2D eigenvalue weighted by molar-refractivity contribution is -0.393. The maximum atomic E-state index is 12.1. The largest absolute Gasteiger partial charge is 0.573 e. The molecule has 0 aliphatic carbocycles. The van der Waals surface area contributed by atoms with Crippen LogP contribution in [0.15, 0.2) is 6.07 Å². The molecule has 0 radical (unpaired) electrons. The van der Waals surface area contributed by atoms with E-state index in [9.17, 15) is 33.2 Å². The number of pyridine rings is 1. The van der Waals surface area contributed by atoms with Crippen molar-refractivity contribution in [1.29, 1.82) is 0 Å². The number of nitro groups is 1. The molecule has 0 aromatic carbocycles. The van der Waals surface area contributed by atoms with Crippen molar-refractivity contribution in [3.8, 4) is 11.5 Å². The minimum absolute atomic E-state index is 0.0248. The van der Waals surface area contributed by atoms with Crippen LogP contribution in [0.5, 0.6) is 11.5 Å². The lowest BCUT2D eigenvalue weighted by Crippen LogP contribution is -2.19. The molecule has 0 spiro atoms. The van der Waals surface area contributed by atoms with Crippen LogP contribution in [0, 0.1) is 10.1 Å². The Morgan fingerprint density at radius 2 is 2.14 bits per heavy atom. The predicted octanol–water partition coefficient (Wildman–Crippen LogP) is 1.70. The van der Waals surface area contributed by atoms with Crippen LogP contribution >= 0.6 is 0 Å². The maximum absolute atomic E-state index is 12.1. The first-order valence-corrected chi connectivity index (χ1v) is 5.42. The number of alkyl halides is 3. The van der Waals surface area contributed by atoms with Crippen molar-refractivity contribution in [1.82, 2.24) is 4.98 Å². The van der Waals surface area contributed by atoms with Gasteiger partial charge in [0.25, 0.3) is 0 Å². The highest BCUT2D eigenvalue weighted by Gasteiger charge is 2.36. The van der Waals surface area contributed by atoms with Crippen LogP contribution in [0.2, 0.25) is 0 Å². The van der Waals surface area contributed by atoms with Gasteiger partial charge in [0, 0.05) is 6.07 Å². The van der Waals surface area contributed by atoms with Gasteiger partial charge in [-0.05, 0) is 16.8 Å². The van der Waals surface area contributed by atoms with Gasteiger partial charge in [-0.3, -0.25) is 4.79 Å². The average molecular weight is 310 g/mol. The minimum Gasteiger partial charge on any atom is -0.504 e. The molecule has 116 valence electrons. The summed E-state index contributed by atoms with van der Waals surface area (Å²) in [7, 11) is 0. The Labute approximate surface area is 115 Å². The fourth-order valence-electron chi connectivity index (χ4n) is 1.32. The number of ether oxygens (including phenoxy) is 2. The molecule has 0 aliphatic rings. The zero-order chi connectivity index (χ0) is 16.2. The molecular formula is C10H9F3N2O6. The average Bonchev–Trinajstić information content (AvgIpc) is 2.30. The number of carbonyl (C=O) groups is 1. The second kappa shape index (κ2) is 6.24. The third kappa shape index (κ3) is 4.78. The highest BCUT2D eigenvalue weighted by Crippen LogP contribution is 2.34. The van der Waals surface area contributed by atoms with Crippen LogP contribution in [0.3, 0.4) is 0 Å². The summed E-state index contributed by atoms with van der Waals surface area (Å²) in [6.45, 7) is 1.53. The van der Waals surface area contributed by atoms with E-state index in [0.29, 0.717) is 6.07 Å². The van der Waals surface area contributed by atoms with Gasteiger partial charge >= 0.3 is 18.1 Å². The third-order valence-corrected chi connectivity index (χ3v) is 2.04. The number of carbonyl (C=O) groups excluding carboxylic acids is 1. The van der Waals surface area contributed by atoms with E-state index in [1.807, 2.05) is 0 Å². The molecule has 8 nitrogen and oxygen atoms in total. The van der Waals surface area contributed by atoms with Gasteiger partial charge in [0.1, 0.15) is 6.42 Å². The summed E-state index contributed by atoms with van der Waals surface area (Å²) in [5.41, 5.74) is -0.491. The molecule has 21 heavy (non-hydrogen) atoms. The first-order chi connectivity index (χ1) is 9.64. The van der Waals surface area contributed by atoms with Gasteiger partial charge in [0.2, 0.25) is 11.4 Å². The SMILES string of the molecule is CCOC(=O)Cc1nc([N+](=O)[O-])c(OC(F)(F)F)cc1O. The van der Waals surface area contributed by atoms with Crippen molar-refractivity contribution >= 4 is 11.8 Å². The molecule has 1 heterocycles. The van der Waals surface area contributed by atoms with Gasteiger partial charge in [-0.15, -0.1) is 13.2 Å². The number of hydrogen-bond donors (Lipinski definition) is 1. The molecule has 1 aromatic rings. The summed E-state index contributed by atoms with van der Waals surface area (Å²) in [5, 5.41) is 20.2. The summed E-state index contributed by atoms with van der Waals surface area (Å²) in [4.78, 5) is 23.9. The summed E-state index contributed by atoms with van der Waals surface area (Å²) < 4.78 is 44.2. The normalized spacial score (nSPS) is 11.0. The molecule has 0 saturated carbocycles. The van der Waals surface area contributed by atoms with Gasteiger partial charge in [-0.1, -0.05) is 0 Å². The van der Waals surface area contributed by atoms with Crippen molar-refractivity contribution in [2.24, 2.45) is 0 Å². The lowest BCUT2D eigenvalue weighted by Gasteiger charge is -2.09. The molecule has 1 aromatic heterocycles. The van der Waals surface area contributed by atoms with Gasteiger partial charge in [0.05, 0.1) is 6.61 Å². The van der Waals surface area contributed by atoms with E-state index < -0.39 is 46.7 Å². The zero-order valence-corrected chi connectivity index (χ0v) is 10.5. The Kier molecular flexibility index (Phi) is 4.89. The number of rotatable bonds is 5. The molecule has 1 N–H and O–H groups in total. The fraction of sp³-hybridized carbons (Fsp3) is 0.400. The molecule has 0 bridgehead atoms. The Morgan fingerprint density at radius 1 is 1.52 bits per heavy atom. The van der Waals surface area contributed by atoms with Gasteiger partial charge < -0.3 is 24.7 Å². The molecule has 0 amide bonds. The number of esters is 1. The van der Waals surface area contributed by atoms with Gasteiger partial charge in [-0.25, -0.2) is 0 Å². The first kappa shape index (κ1) is 16.5. The maximum Gasteiger partial charge on any atom is 0.573 e. The van der Waals surface area contributed by atoms with E-state index in [0.717, 1.165) is 0 Å². The van der Waals surface area contributed by atoms with E-state index >= 15 is 0 Å². The number of hydrogen-bond acceptors (Lipinski definition) is 7. The summed E-state index contributed by atoms with van der Waals surface area (Å²) in [5.74, 6) is -4.26. The molecule has 0 atom stereocenters. The second-order valence-electron chi connectivity index (χ2n) is 3.56.